The summed E-state index contributed by atoms with van der Waals surface area (Å²) in [5.41, 5.74) is 0. The minimum absolute atomic E-state index is 0.114. The number of nitrogens with zero attached hydrogens (tertiary/aromatic N) is 3. The Morgan fingerprint density at radius 2 is 2.37 bits per heavy atom. The molecule has 1 aliphatic rings. The largest absolute Gasteiger partial charge is 0.481 e. The molecule has 9 heteroatoms. The van der Waals surface area contributed by atoms with Gasteiger partial charge >= 0.3 is 12.0 Å². The van der Waals surface area contributed by atoms with E-state index in [-0.39, 0.29) is 19.8 Å². The van der Waals surface area contributed by atoms with Crippen LogP contribution in [0.5, 0.6) is 0 Å². The van der Waals surface area contributed by atoms with E-state index in [0.29, 0.717) is 5.82 Å². The van der Waals surface area contributed by atoms with Gasteiger partial charge in [0.05, 0.1) is 25.8 Å². The molecule has 1 aromatic rings. The molecular weight excluding hydrogens is 256 g/mol. The van der Waals surface area contributed by atoms with Crippen LogP contribution in [-0.4, -0.2) is 58.5 Å². The molecule has 104 valence electrons. The average molecular weight is 270 g/mol. The van der Waals surface area contributed by atoms with E-state index in [1.807, 2.05) is 0 Å². The zero-order chi connectivity index (χ0) is 13.8. The molecule has 19 heavy (non-hydrogen) atoms. The molecule has 2 amide bonds. The van der Waals surface area contributed by atoms with Crippen LogP contribution < -0.4 is 5.32 Å². The molecule has 0 saturated carbocycles. The first-order valence-electron chi connectivity index (χ1n) is 5.66. The van der Waals surface area contributed by atoms with Crippen molar-refractivity contribution >= 4 is 12.0 Å². The highest BCUT2D eigenvalue weighted by atomic mass is 16.5. The first kappa shape index (κ1) is 13.3. The van der Waals surface area contributed by atoms with Crippen LogP contribution >= 0.6 is 0 Å². The lowest BCUT2D eigenvalue weighted by atomic mass is 10.0. The third kappa shape index (κ3) is 2.99. The van der Waals surface area contributed by atoms with Gasteiger partial charge in [0.25, 0.3) is 0 Å². The highest BCUT2D eigenvalue weighted by Crippen LogP contribution is 2.18. The Balaban J connectivity index is 1.89. The van der Waals surface area contributed by atoms with Crippen LogP contribution in [0.25, 0.3) is 0 Å². The quantitative estimate of drug-likeness (QED) is 0.743. The van der Waals surface area contributed by atoms with Crippen LogP contribution in [0.1, 0.15) is 5.82 Å². The lowest BCUT2D eigenvalue weighted by Gasteiger charge is -2.26. The van der Waals surface area contributed by atoms with Crippen molar-refractivity contribution in [1.82, 2.24) is 20.4 Å². The van der Waals surface area contributed by atoms with Crippen molar-refractivity contribution in [1.29, 1.82) is 0 Å². The van der Waals surface area contributed by atoms with Gasteiger partial charge in [0, 0.05) is 7.05 Å². The number of ether oxygens (including phenoxy) is 1. The highest BCUT2D eigenvalue weighted by Gasteiger charge is 2.38. The third-order valence-electron chi connectivity index (χ3n) is 2.99. The second kappa shape index (κ2) is 5.65. The third-order valence-corrected chi connectivity index (χ3v) is 2.99. The predicted molar refractivity (Wildman–Crippen MR) is 60.0 cm³/mol. The van der Waals surface area contributed by atoms with Crippen molar-refractivity contribution in [2.75, 3.05) is 20.3 Å². The average Bonchev–Trinajstić information content (AvgIpc) is 3.05. The Bertz CT molecular complexity index is 449. The number of carboxylic acids is 1. The normalized spacial score (nSPS) is 22.2. The van der Waals surface area contributed by atoms with Crippen LogP contribution in [0.15, 0.2) is 10.9 Å². The Kier molecular flexibility index (Phi) is 3.95. The maximum atomic E-state index is 11.9. The van der Waals surface area contributed by atoms with Gasteiger partial charge in [-0.05, 0) is 0 Å². The Labute approximate surface area is 108 Å². The van der Waals surface area contributed by atoms with Crippen molar-refractivity contribution in [3.8, 4) is 0 Å². The molecule has 2 rings (SSSR count). The molecule has 1 saturated heterocycles. The van der Waals surface area contributed by atoms with Crippen LogP contribution in [-0.2, 0) is 16.1 Å². The fraction of sp³-hybridized carbons (Fsp3) is 0.600. The molecule has 0 bridgehead atoms. The monoisotopic (exact) mass is 270 g/mol. The van der Waals surface area contributed by atoms with E-state index in [4.69, 9.17) is 9.84 Å². The van der Waals surface area contributed by atoms with Gasteiger partial charge in [-0.15, -0.1) is 0 Å². The smallest absolute Gasteiger partial charge is 0.317 e. The number of amides is 2. The van der Waals surface area contributed by atoms with E-state index in [9.17, 15) is 9.59 Å². The number of hydrogen-bond donors (Lipinski definition) is 2. The predicted octanol–water partition coefficient (Wildman–Crippen LogP) is -0.689. The first-order chi connectivity index (χ1) is 9.09. The molecule has 1 fully saturated rings. The number of carbonyl (C=O) groups is 2. The SMILES string of the molecule is CN(C(=O)NCc1ncon1)C1COCC1C(=O)O. The molecule has 0 radical (unpaired) electrons. The Morgan fingerprint density at radius 1 is 1.58 bits per heavy atom. The summed E-state index contributed by atoms with van der Waals surface area (Å²) >= 11 is 0. The van der Waals surface area contributed by atoms with Crippen LogP contribution in [0, 0.1) is 5.92 Å². The van der Waals surface area contributed by atoms with Gasteiger partial charge < -0.3 is 24.6 Å². The fourth-order valence-corrected chi connectivity index (χ4v) is 1.86. The molecule has 2 unspecified atom stereocenters. The number of nitrogens with one attached hydrogen (secondary N) is 1. The topological polar surface area (TPSA) is 118 Å². The minimum atomic E-state index is -0.972. The maximum Gasteiger partial charge on any atom is 0.317 e. The number of aliphatic carboxylic acids is 1. The number of hydrogen-bond acceptors (Lipinski definition) is 6. The van der Waals surface area contributed by atoms with E-state index < -0.39 is 24.0 Å². The van der Waals surface area contributed by atoms with Gasteiger partial charge in [0.1, 0.15) is 5.92 Å². The molecular formula is C10H14N4O5. The summed E-state index contributed by atoms with van der Waals surface area (Å²) in [4.78, 5) is 28.0. The summed E-state index contributed by atoms with van der Waals surface area (Å²) in [7, 11) is 1.53. The molecule has 1 aromatic heterocycles. The van der Waals surface area contributed by atoms with Crippen molar-refractivity contribution < 1.29 is 24.0 Å². The summed E-state index contributed by atoms with van der Waals surface area (Å²) in [6.45, 7) is 0.441. The second-order valence-corrected chi connectivity index (χ2v) is 4.17. The molecule has 0 aliphatic carbocycles. The van der Waals surface area contributed by atoms with Gasteiger partial charge in [-0.1, -0.05) is 5.16 Å². The lowest BCUT2D eigenvalue weighted by Crippen LogP contribution is -2.48. The van der Waals surface area contributed by atoms with E-state index >= 15 is 0 Å². The molecule has 0 spiro atoms. The molecule has 0 aromatic carbocycles. The van der Waals surface area contributed by atoms with E-state index in [1.165, 1.54) is 11.9 Å². The summed E-state index contributed by atoms with van der Waals surface area (Å²) < 4.78 is 9.64. The lowest BCUT2D eigenvalue weighted by molar-refractivity contribution is -0.142. The van der Waals surface area contributed by atoms with Gasteiger partial charge in [0.2, 0.25) is 6.39 Å². The maximum absolute atomic E-state index is 11.9. The van der Waals surface area contributed by atoms with Crippen LogP contribution in [0.2, 0.25) is 0 Å². The molecule has 9 nitrogen and oxygen atoms in total. The zero-order valence-corrected chi connectivity index (χ0v) is 10.3. The number of likely N-dealkylation sites (N-methyl/N-ethyl adjacent to an activating group) is 1. The molecule has 2 atom stereocenters. The standard InChI is InChI=1S/C10H14N4O5/c1-14(7-4-18-3-6(7)9(15)16)10(17)11-2-8-12-5-19-13-8/h5-7H,2-4H2,1H3,(H,11,17)(H,15,16). The minimum Gasteiger partial charge on any atom is -0.481 e. The summed E-state index contributed by atoms with van der Waals surface area (Å²) in [5.74, 6) is -1.33. The van der Waals surface area contributed by atoms with E-state index in [1.54, 1.807) is 0 Å². The summed E-state index contributed by atoms with van der Waals surface area (Å²) in [5, 5.41) is 15.1. The van der Waals surface area contributed by atoms with Gasteiger partial charge in [-0.3, -0.25) is 4.79 Å². The van der Waals surface area contributed by atoms with Crippen molar-refractivity contribution in [2.45, 2.75) is 12.6 Å². The van der Waals surface area contributed by atoms with Gasteiger partial charge in [-0.2, -0.15) is 4.98 Å². The number of carboxylic acid groups (broad SMARTS) is 1. The summed E-state index contributed by atoms with van der Waals surface area (Å²) in [6, 6.07) is -0.894. The summed E-state index contributed by atoms with van der Waals surface area (Å²) in [6.07, 6.45) is 1.16. The van der Waals surface area contributed by atoms with Crippen molar-refractivity contribution in [3.63, 3.8) is 0 Å². The number of urea groups is 1. The van der Waals surface area contributed by atoms with Gasteiger partial charge in [0.15, 0.2) is 5.82 Å². The second-order valence-electron chi connectivity index (χ2n) is 4.17. The molecule has 1 aliphatic heterocycles. The molecule has 2 N–H and O–H groups in total. The molecule has 2 heterocycles. The Hall–Kier alpha value is -2.16. The van der Waals surface area contributed by atoms with Crippen molar-refractivity contribution in [3.05, 3.63) is 12.2 Å². The van der Waals surface area contributed by atoms with E-state index in [2.05, 4.69) is 20.0 Å². The number of aromatic nitrogens is 2. The number of rotatable bonds is 4. The first-order valence-corrected chi connectivity index (χ1v) is 5.66. The Morgan fingerprint density at radius 3 is 3.00 bits per heavy atom. The highest BCUT2D eigenvalue weighted by molar-refractivity contribution is 5.77. The van der Waals surface area contributed by atoms with Gasteiger partial charge in [-0.25, -0.2) is 4.79 Å². The van der Waals surface area contributed by atoms with E-state index in [0.717, 1.165) is 6.39 Å². The van der Waals surface area contributed by atoms with Crippen LogP contribution in [0.3, 0.4) is 0 Å². The van der Waals surface area contributed by atoms with Crippen molar-refractivity contribution in [2.24, 2.45) is 5.92 Å². The zero-order valence-electron chi connectivity index (χ0n) is 10.3. The fourth-order valence-electron chi connectivity index (χ4n) is 1.86. The number of carbonyl (C=O) groups excluding carboxylic acids is 1. The van der Waals surface area contributed by atoms with Crippen LogP contribution in [0.4, 0.5) is 4.79 Å².